The molecule has 0 radical (unpaired) electrons. The van der Waals surface area contributed by atoms with Crippen LogP contribution in [0.15, 0.2) is 22.7 Å². The summed E-state index contributed by atoms with van der Waals surface area (Å²) in [5, 5.41) is 2.68. The zero-order valence-corrected chi connectivity index (χ0v) is 10.6. The minimum atomic E-state index is -0.353. The monoisotopic (exact) mass is 288 g/mol. The fraction of sp³-hybridized carbons (Fsp3) is 0.364. The van der Waals surface area contributed by atoms with Crippen molar-refractivity contribution in [1.82, 2.24) is 0 Å². The van der Waals surface area contributed by atoms with Crippen LogP contribution in [0.2, 0.25) is 0 Å². The number of hydrogen-bond donors (Lipinski definition) is 2. The van der Waals surface area contributed by atoms with Crippen LogP contribution in [0, 0.1) is 11.7 Å². The van der Waals surface area contributed by atoms with Crippen LogP contribution in [0.3, 0.4) is 0 Å². The van der Waals surface area contributed by atoms with E-state index in [1.165, 1.54) is 18.2 Å². The molecule has 5 heteroatoms. The molecule has 1 unspecified atom stereocenters. The lowest BCUT2D eigenvalue weighted by atomic mass is 10.1. The molecule has 1 atom stereocenters. The van der Waals surface area contributed by atoms with Crippen molar-refractivity contribution in [2.24, 2.45) is 11.7 Å². The van der Waals surface area contributed by atoms with Crippen molar-refractivity contribution in [1.29, 1.82) is 0 Å². The van der Waals surface area contributed by atoms with Crippen LogP contribution in [0.25, 0.3) is 0 Å². The van der Waals surface area contributed by atoms with E-state index >= 15 is 0 Å². The predicted molar refractivity (Wildman–Crippen MR) is 65.6 cm³/mol. The van der Waals surface area contributed by atoms with Crippen molar-refractivity contribution in [2.45, 2.75) is 13.3 Å². The molecule has 0 aliphatic rings. The molecule has 1 amide bonds. The summed E-state index contributed by atoms with van der Waals surface area (Å²) >= 11 is 3.05. The normalized spacial score (nSPS) is 12.2. The number of hydrogen-bond acceptors (Lipinski definition) is 2. The van der Waals surface area contributed by atoms with Gasteiger partial charge in [0.25, 0.3) is 0 Å². The molecular formula is C11H14BrFN2O. The van der Waals surface area contributed by atoms with E-state index in [0.29, 0.717) is 23.1 Å². The van der Waals surface area contributed by atoms with Gasteiger partial charge in [-0.3, -0.25) is 4.79 Å². The van der Waals surface area contributed by atoms with Crippen molar-refractivity contribution in [3.8, 4) is 0 Å². The molecule has 1 rings (SSSR count). The van der Waals surface area contributed by atoms with E-state index in [1.54, 1.807) is 0 Å². The minimum Gasteiger partial charge on any atom is -0.330 e. The topological polar surface area (TPSA) is 55.1 Å². The second-order valence-electron chi connectivity index (χ2n) is 3.72. The Morgan fingerprint density at radius 2 is 2.31 bits per heavy atom. The second kappa shape index (κ2) is 5.96. The largest absolute Gasteiger partial charge is 0.330 e. The highest BCUT2D eigenvalue weighted by Gasteiger charge is 2.08. The van der Waals surface area contributed by atoms with Gasteiger partial charge in [0.1, 0.15) is 5.82 Å². The van der Waals surface area contributed by atoms with Gasteiger partial charge in [-0.1, -0.05) is 6.92 Å². The number of halogens is 2. The Labute approximate surface area is 102 Å². The Morgan fingerprint density at radius 3 is 2.88 bits per heavy atom. The molecule has 0 bridgehead atoms. The quantitative estimate of drug-likeness (QED) is 0.894. The number of nitrogens with one attached hydrogen (secondary N) is 1. The summed E-state index contributed by atoms with van der Waals surface area (Å²) in [7, 11) is 0. The van der Waals surface area contributed by atoms with E-state index < -0.39 is 0 Å². The molecule has 0 saturated heterocycles. The van der Waals surface area contributed by atoms with Gasteiger partial charge in [-0.05, 0) is 46.6 Å². The van der Waals surface area contributed by atoms with E-state index in [1.807, 2.05) is 6.92 Å². The van der Waals surface area contributed by atoms with Gasteiger partial charge in [-0.25, -0.2) is 4.39 Å². The van der Waals surface area contributed by atoms with Crippen molar-refractivity contribution in [2.75, 3.05) is 11.9 Å². The highest BCUT2D eigenvalue weighted by Crippen LogP contribution is 2.20. The molecule has 0 aliphatic heterocycles. The third kappa shape index (κ3) is 3.90. The summed E-state index contributed by atoms with van der Waals surface area (Å²) in [6.45, 7) is 2.38. The first kappa shape index (κ1) is 13.1. The van der Waals surface area contributed by atoms with E-state index in [0.717, 1.165) is 0 Å². The maximum atomic E-state index is 12.9. The molecule has 0 heterocycles. The van der Waals surface area contributed by atoms with E-state index in [2.05, 4.69) is 21.2 Å². The average Bonchev–Trinajstić information content (AvgIpc) is 2.23. The zero-order valence-electron chi connectivity index (χ0n) is 8.97. The van der Waals surface area contributed by atoms with Gasteiger partial charge in [0.2, 0.25) is 5.91 Å². The van der Waals surface area contributed by atoms with Crippen molar-refractivity contribution in [3.63, 3.8) is 0 Å². The third-order valence-corrected chi connectivity index (χ3v) is 2.75. The lowest BCUT2D eigenvalue weighted by Gasteiger charge is -2.09. The van der Waals surface area contributed by atoms with Crippen LogP contribution in [0.1, 0.15) is 13.3 Å². The molecule has 16 heavy (non-hydrogen) atoms. The summed E-state index contributed by atoms with van der Waals surface area (Å²) in [5.41, 5.74) is 5.99. The number of rotatable bonds is 4. The van der Waals surface area contributed by atoms with Crippen LogP contribution in [0.4, 0.5) is 10.1 Å². The lowest BCUT2D eigenvalue weighted by Crippen LogP contribution is -2.20. The van der Waals surface area contributed by atoms with Gasteiger partial charge < -0.3 is 11.1 Å². The van der Waals surface area contributed by atoms with Crippen LogP contribution in [-0.2, 0) is 4.79 Å². The number of anilines is 1. The van der Waals surface area contributed by atoms with Gasteiger partial charge in [0, 0.05) is 12.1 Å². The van der Waals surface area contributed by atoms with E-state index in [9.17, 15) is 9.18 Å². The third-order valence-electron chi connectivity index (χ3n) is 2.14. The van der Waals surface area contributed by atoms with E-state index in [-0.39, 0.29) is 17.6 Å². The standard InChI is InChI=1S/C11H14BrFN2O/c1-7(6-14)4-11(16)15-8-2-3-10(13)9(12)5-8/h2-3,5,7H,4,6,14H2,1H3,(H,15,16). The fourth-order valence-electron chi connectivity index (χ4n) is 1.19. The summed E-state index contributed by atoms with van der Waals surface area (Å²) in [6.07, 6.45) is 0.367. The molecule has 1 aromatic rings. The maximum absolute atomic E-state index is 12.9. The molecule has 0 aromatic heterocycles. The summed E-state index contributed by atoms with van der Waals surface area (Å²) < 4.78 is 13.3. The smallest absolute Gasteiger partial charge is 0.224 e. The molecule has 0 spiro atoms. The molecule has 1 aromatic carbocycles. The highest BCUT2D eigenvalue weighted by molar-refractivity contribution is 9.10. The zero-order chi connectivity index (χ0) is 12.1. The average molecular weight is 289 g/mol. The lowest BCUT2D eigenvalue weighted by molar-refractivity contribution is -0.116. The van der Waals surface area contributed by atoms with Crippen LogP contribution in [-0.4, -0.2) is 12.5 Å². The van der Waals surface area contributed by atoms with Crippen molar-refractivity contribution < 1.29 is 9.18 Å². The Balaban J connectivity index is 2.59. The SMILES string of the molecule is CC(CN)CC(=O)Nc1ccc(F)c(Br)c1. The summed E-state index contributed by atoms with van der Waals surface area (Å²) in [5.74, 6) is -0.325. The molecule has 0 saturated carbocycles. The number of amides is 1. The highest BCUT2D eigenvalue weighted by atomic mass is 79.9. The number of benzene rings is 1. The molecule has 3 nitrogen and oxygen atoms in total. The first-order valence-electron chi connectivity index (χ1n) is 4.98. The molecule has 0 aliphatic carbocycles. The Kier molecular flexibility index (Phi) is 4.89. The Bertz CT molecular complexity index is 384. The molecular weight excluding hydrogens is 275 g/mol. The molecule has 3 N–H and O–H groups in total. The Morgan fingerprint density at radius 1 is 1.62 bits per heavy atom. The number of carbonyl (C=O) groups excluding carboxylic acids is 1. The van der Waals surface area contributed by atoms with Crippen molar-refractivity contribution >= 4 is 27.5 Å². The minimum absolute atomic E-state index is 0.114. The second-order valence-corrected chi connectivity index (χ2v) is 4.58. The molecule has 88 valence electrons. The van der Waals surface area contributed by atoms with Gasteiger partial charge in [-0.2, -0.15) is 0 Å². The molecule has 0 fully saturated rings. The predicted octanol–water partition coefficient (Wildman–Crippen LogP) is 2.51. The first-order valence-corrected chi connectivity index (χ1v) is 5.77. The van der Waals surface area contributed by atoms with Gasteiger partial charge in [-0.15, -0.1) is 0 Å². The van der Waals surface area contributed by atoms with Crippen LogP contribution in [0.5, 0.6) is 0 Å². The summed E-state index contributed by atoms with van der Waals surface area (Å²) in [6, 6.07) is 4.34. The number of carbonyl (C=O) groups is 1. The summed E-state index contributed by atoms with van der Waals surface area (Å²) in [4.78, 5) is 11.5. The van der Waals surface area contributed by atoms with Gasteiger partial charge in [0.05, 0.1) is 4.47 Å². The Hall–Kier alpha value is -0.940. The van der Waals surface area contributed by atoms with E-state index in [4.69, 9.17) is 5.73 Å². The number of nitrogens with two attached hydrogens (primary N) is 1. The first-order chi connectivity index (χ1) is 7.52. The van der Waals surface area contributed by atoms with Crippen molar-refractivity contribution in [3.05, 3.63) is 28.5 Å². The maximum Gasteiger partial charge on any atom is 0.224 e. The fourth-order valence-corrected chi connectivity index (χ4v) is 1.56. The van der Waals surface area contributed by atoms with Gasteiger partial charge >= 0.3 is 0 Å². The van der Waals surface area contributed by atoms with Crippen LogP contribution < -0.4 is 11.1 Å². The van der Waals surface area contributed by atoms with Crippen LogP contribution >= 0.6 is 15.9 Å². The van der Waals surface area contributed by atoms with Gasteiger partial charge in [0.15, 0.2) is 0 Å².